The van der Waals surface area contributed by atoms with Crippen molar-refractivity contribution < 1.29 is 9.59 Å². The van der Waals surface area contributed by atoms with Gasteiger partial charge < -0.3 is 4.57 Å². The van der Waals surface area contributed by atoms with Crippen LogP contribution >= 0.6 is 28.1 Å². The van der Waals surface area contributed by atoms with Crippen molar-refractivity contribution in [1.29, 1.82) is 0 Å². The van der Waals surface area contributed by atoms with Gasteiger partial charge in [0, 0.05) is 21.5 Å². The average molecular weight is 508 g/mol. The van der Waals surface area contributed by atoms with Gasteiger partial charge in [-0.15, -0.1) is 0 Å². The highest BCUT2D eigenvalue weighted by atomic mass is 79.9. The van der Waals surface area contributed by atoms with E-state index in [9.17, 15) is 9.59 Å². The Bertz CT molecular complexity index is 1310. The SMILES string of the molecule is Cc1ccc(N2C(=O)/C(=C/c3cc(C)n(-c4ccc(Br)cc4)c3C)C(=O)NC2=S)c(C)c1. The first-order chi connectivity index (χ1) is 15.2. The fourth-order valence-electron chi connectivity index (χ4n) is 4.01. The summed E-state index contributed by atoms with van der Waals surface area (Å²) in [6.45, 7) is 7.88. The predicted octanol–water partition coefficient (Wildman–Crippen LogP) is 5.30. The lowest BCUT2D eigenvalue weighted by molar-refractivity contribution is -0.122. The Morgan fingerprint density at radius 2 is 1.66 bits per heavy atom. The minimum atomic E-state index is -0.491. The molecular formula is C25H22BrN3O2S. The summed E-state index contributed by atoms with van der Waals surface area (Å²) >= 11 is 8.80. The molecule has 1 aromatic heterocycles. The van der Waals surface area contributed by atoms with Crippen LogP contribution in [-0.4, -0.2) is 21.5 Å². The molecule has 0 unspecified atom stereocenters. The largest absolute Gasteiger partial charge is 0.318 e. The number of thiocarbonyl (C=S) groups is 1. The van der Waals surface area contributed by atoms with Gasteiger partial charge in [-0.3, -0.25) is 19.8 Å². The number of hydrogen-bond donors (Lipinski definition) is 1. The molecule has 1 fully saturated rings. The Kier molecular flexibility index (Phi) is 5.88. The number of rotatable bonds is 3. The van der Waals surface area contributed by atoms with E-state index in [4.69, 9.17) is 12.2 Å². The van der Waals surface area contributed by atoms with Gasteiger partial charge in [0.05, 0.1) is 5.69 Å². The third-order valence-electron chi connectivity index (χ3n) is 5.55. The second-order valence-corrected chi connectivity index (χ2v) is 9.19. The van der Waals surface area contributed by atoms with E-state index in [1.165, 1.54) is 4.90 Å². The Morgan fingerprint density at radius 3 is 2.31 bits per heavy atom. The Balaban J connectivity index is 1.77. The third-order valence-corrected chi connectivity index (χ3v) is 6.36. The van der Waals surface area contributed by atoms with Gasteiger partial charge in [-0.25, -0.2) is 0 Å². The highest BCUT2D eigenvalue weighted by Crippen LogP contribution is 2.28. The number of carbonyl (C=O) groups excluding carboxylic acids is 2. The maximum absolute atomic E-state index is 13.4. The van der Waals surface area contributed by atoms with Crippen LogP contribution in [0.5, 0.6) is 0 Å². The molecule has 0 aliphatic carbocycles. The first kappa shape index (κ1) is 22.2. The Morgan fingerprint density at radius 1 is 0.969 bits per heavy atom. The number of benzene rings is 2. The number of aromatic nitrogens is 1. The zero-order chi connectivity index (χ0) is 23.2. The quantitative estimate of drug-likeness (QED) is 0.297. The molecule has 32 heavy (non-hydrogen) atoms. The zero-order valence-corrected chi connectivity index (χ0v) is 20.6. The molecule has 1 aliphatic heterocycles. The van der Waals surface area contributed by atoms with E-state index in [0.717, 1.165) is 38.2 Å². The van der Waals surface area contributed by atoms with Crippen molar-refractivity contribution >= 4 is 56.8 Å². The van der Waals surface area contributed by atoms with Crippen LogP contribution < -0.4 is 10.2 Å². The monoisotopic (exact) mass is 507 g/mol. The van der Waals surface area contributed by atoms with Crippen molar-refractivity contribution in [2.45, 2.75) is 27.7 Å². The normalized spacial score (nSPS) is 15.5. The van der Waals surface area contributed by atoms with Gasteiger partial charge in [0.15, 0.2) is 5.11 Å². The minimum Gasteiger partial charge on any atom is -0.318 e. The van der Waals surface area contributed by atoms with Crippen molar-refractivity contribution in [3.05, 3.63) is 86.7 Å². The molecular weight excluding hydrogens is 486 g/mol. The first-order valence-corrected chi connectivity index (χ1v) is 11.3. The number of amides is 2. The summed E-state index contributed by atoms with van der Waals surface area (Å²) in [5, 5.41) is 2.75. The lowest BCUT2D eigenvalue weighted by atomic mass is 10.0. The molecule has 0 radical (unpaired) electrons. The molecule has 2 aromatic carbocycles. The average Bonchev–Trinajstić information content (AvgIpc) is 3.00. The summed E-state index contributed by atoms with van der Waals surface area (Å²) in [7, 11) is 0. The molecule has 7 heteroatoms. The fraction of sp³-hybridized carbons (Fsp3) is 0.160. The zero-order valence-electron chi connectivity index (χ0n) is 18.2. The molecule has 0 saturated carbocycles. The van der Waals surface area contributed by atoms with E-state index in [1.54, 1.807) is 6.08 Å². The summed E-state index contributed by atoms with van der Waals surface area (Å²) in [5.41, 5.74) is 6.45. The van der Waals surface area contributed by atoms with Crippen LogP contribution in [0.4, 0.5) is 5.69 Å². The van der Waals surface area contributed by atoms with Crippen LogP contribution in [-0.2, 0) is 9.59 Å². The van der Waals surface area contributed by atoms with E-state index < -0.39 is 11.8 Å². The molecule has 1 saturated heterocycles. The highest BCUT2D eigenvalue weighted by molar-refractivity contribution is 9.10. The summed E-state index contributed by atoms with van der Waals surface area (Å²) in [5.74, 6) is -0.923. The summed E-state index contributed by atoms with van der Waals surface area (Å²) in [6, 6.07) is 15.7. The number of nitrogens with zero attached hydrogens (tertiary/aromatic N) is 2. The van der Waals surface area contributed by atoms with Crippen LogP contribution in [0.15, 0.2) is 58.6 Å². The van der Waals surface area contributed by atoms with E-state index >= 15 is 0 Å². The van der Waals surface area contributed by atoms with E-state index in [2.05, 4.69) is 25.8 Å². The second-order valence-electron chi connectivity index (χ2n) is 7.89. The second kappa shape index (κ2) is 8.48. The van der Waals surface area contributed by atoms with Crippen LogP contribution in [0.1, 0.15) is 28.1 Å². The number of halogens is 1. The number of nitrogens with one attached hydrogen (secondary N) is 1. The van der Waals surface area contributed by atoms with Crippen molar-refractivity contribution in [3.8, 4) is 5.69 Å². The molecule has 0 spiro atoms. The molecule has 3 aromatic rings. The fourth-order valence-corrected chi connectivity index (χ4v) is 4.55. The van der Waals surface area contributed by atoms with Crippen LogP contribution in [0.2, 0.25) is 0 Å². The van der Waals surface area contributed by atoms with Crippen LogP contribution in [0.3, 0.4) is 0 Å². The van der Waals surface area contributed by atoms with Crippen LogP contribution in [0, 0.1) is 27.7 Å². The lowest BCUT2D eigenvalue weighted by Crippen LogP contribution is -2.54. The van der Waals surface area contributed by atoms with Gasteiger partial charge in [0.25, 0.3) is 11.8 Å². The Labute approximate surface area is 200 Å². The summed E-state index contributed by atoms with van der Waals surface area (Å²) in [6.07, 6.45) is 1.65. The van der Waals surface area contributed by atoms with Gasteiger partial charge >= 0.3 is 0 Å². The molecule has 5 nitrogen and oxygen atoms in total. The van der Waals surface area contributed by atoms with Crippen molar-refractivity contribution in [3.63, 3.8) is 0 Å². The molecule has 0 bridgehead atoms. The van der Waals surface area contributed by atoms with Crippen LogP contribution in [0.25, 0.3) is 11.8 Å². The topological polar surface area (TPSA) is 54.3 Å². The lowest BCUT2D eigenvalue weighted by Gasteiger charge is -2.30. The van der Waals surface area contributed by atoms with Gasteiger partial charge in [0.2, 0.25) is 0 Å². The maximum atomic E-state index is 13.4. The Hall–Kier alpha value is -3.03. The molecule has 4 rings (SSSR count). The number of anilines is 1. The van der Waals surface area contributed by atoms with E-state index in [0.29, 0.717) is 5.69 Å². The summed E-state index contributed by atoms with van der Waals surface area (Å²) < 4.78 is 3.09. The standard InChI is InChI=1S/C25H22BrN3O2S/c1-14-5-10-22(15(2)11-14)29-24(31)21(23(30)27-25(29)32)13-18-12-16(3)28(17(18)4)20-8-6-19(26)7-9-20/h5-13H,1-4H3,(H,27,30,32)/b21-13+. The van der Waals surface area contributed by atoms with E-state index in [1.807, 2.05) is 76.2 Å². The van der Waals surface area contributed by atoms with Gasteiger partial charge in [-0.2, -0.15) is 0 Å². The molecule has 2 heterocycles. The molecule has 2 amide bonds. The van der Waals surface area contributed by atoms with Gasteiger partial charge in [0.1, 0.15) is 5.57 Å². The number of carbonyl (C=O) groups is 2. The molecule has 162 valence electrons. The first-order valence-electron chi connectivity index (χ1n) is 10.1. The van der Waals surface area contributed by atoms with Crippen molar-refractivity contribution in [2.75, 3.05) is 4.90 Å². The predicted molar refractivity (Wildman–Crippen MR) is 135 cm³/mol. The van der Waals surface area contributed by atoms with Gasteiger partial charge in [-0.05, 0) is 93.5 Å². The smallest absolute Gasteiger partial charge is 0.270 e. The van der Waals surface area contributed by atoms with Gasteiger partial charge in [-0.1, -0.05) is 33.6 Å². The van der Waals surface area contributed by atoms with E-state index in [-0.39, 0.29) is 10.7 Å². The molecule has 1 aliphatic rings. The summed E-state index contributed by atoms with van der Waals surface area (Å²) in [4.78, 5) is 27.5. The van der Waals surface area contributed by atoms with Crippen molar-refractivity contribution in [2.24, 2.45) is 0 Å². The minimum absolute atomic E-state index is 0.0506. The highest BCUT2D eigenvalue weighted by Gasteiger charge is 2.35. The third kappa shape index (κ3) is 3.94. The van der Waals surface area contributed by atoms with Crippen molar-refractivity contribution in [1.82, 2.24) is 9.88 Å². The molecule has 0 atom stereocenters. The maximum Gasteiger partial charge on any atom is 0.270 e. The molecule has 1 N–H and O–H groups in total. The number of aryl methyl sites for hydroxylation is 3. The number of hydrogen-bond acceptors (Lipinski definition) is 3.